The Hall–Kier alpha value is -1.77. The van der Waals surface area contributed by atoms with Crippen molar-refractivity contribution in [1.29, 1.82) is 0 Å². The van der Waals surface area contributed by atoms with Crippen LogP contribution < -0.4 is 9.47 Å². The molecule has 0 fully saturated rings. The zero-order valence-electron chi connectivity index (χ0n) is 8.86. The van der Waals surface area contributed by atoms with Crippen LogP contribution in [0, 0.1) is 0 Å². The molecule has 1 aromatic heterocycles. The molecular formula is C12H13NO2. The van der Waals surface area contributed by atoms with Gasteiger partial charge in [0.15, 0.2) is 0 Å². The minimum Gasteiger partial charge on any atom is -0.496 e. The standard InChI is InChI=1S/C12H13NO2/c1-3-15-12-11-9(7-8-13-12)5-4-6-10(11)14-2/h4-8H,3H2,1-2H3. The van der Waals surface area contributed by atoms with E-state index in [1.807, 2.05) is 31.2 Å². The Labute approximate surface area is 88.7 Å². The Morgan fingerprint density at radius 3 is 2.87 bits per heavy atom. The first-order valence-electron chi connectivity index (χ1n) is 4.91. The molecule has 3 heteroatoms. The highest BCUT2D eigenvalue weighted by Crippen LogP contribution is 2.31. The van der Waals surface area contributed by atoms with Gasteiger partial charge in [0.1, 0.15) is 5.75 Å². The van der Waals surface area contributed by atoms with Crippen LogP contribution in [0.2, 0.25) is 0 Å². The van der Waals surface area contributed by atoms with Gasteiger partial charge in [0.2, 0.25) is 5.88 Å². The molecule has 0 saturated carbocycles. The third-order valence-corrected chi connectivity index (χ3v) is 2.22. The van der Waals surface area contributed by atoms with Gasteiger partial charge >= 0.3 is 0 Å². The number of pyridine rings is 1. The van der Waals surface area contributed by atoms with Crippen LogP contribution in [-0.2, 0) is 0 Å². The lowest BCUT2D eigenvalue weighted by atomic mass is 10.1. The molecule has 0 aliphatic rings. The van der Waals surface area contributed by atoms with Crippen molar-refractivity contribution in [2.45, 2.75) is 6.92 Å². The van der Waals surface area contributed by atoms with Gasteiger partial charge in [-0.15, -0.1) is 0 Å². The van der Waals surface area contributed by atoms with E-state index in [-0.39, 0.29) is 0 Å². The normalized spacial score (nSPS) is 10.3. The smallest absolute Gasteiger partial charge is 0.225 e. The molecule has 0 spiro atoms. The summed E-state index contributed by atoms with van der Waals surface area (Å²) in [5.41, 5.74) is 0. The first-order chi connectivity index (χ1) is 7.36. The molecule has 0 unspecified atom stereocenters. The molecule has 3 nitrogen and oxygen atoms in total. The second-order valence-electron chi connectivity index (χ2n) is 3.11. The molecule has 2 aromatic rings. The molecule has 0 atom stereocenters. The number of nitrogens with zero attached hydrogens (tertiary/aromatic N) is 1. The summed E-state index contributed by atoms with van der Waals surface area (Å²) in [4.78, 5) is 4.20. The summed E-state index contributed by atoms with van der Waals surface area (Å²) in [7, 11) is 1.65. The molecule has 0 aliphatic heterocycles. The van der Waals surface area contributed by atoms with Gasteiger partial charge in [-0.05, 0) is 24.4 Å². The SMILES string of the molecule is CCOc1nccc2cccc(OC)c12. The summed E-state index contributed by atoms with van der Waals surface area (Å²) in [5, 5.41) is 2.01. The summed E-state index contributed by atoms with van der Waals surface area (Å²) in [6, 6.07) is 7.83. The first kappa shape index (κ1) is 9.77. The highest BCUT2D eigenvalue weighted by Gasteiger charge is 2.08. The number of fused-ring (bicyclic) bond motifs is 1. The van der Waals surface area contributed by atoms with Gasteiger partial charge in [-0.3, -0.25) is 0 Å². The molecular weight excluding hydrogens is 190 g/mol. The molecule has 2 rings (SSSR count). The number of rotatable bonds is 3. The van der Waals surface area contributed by atoms with Gasteiger partial charge in [-0.1, -0.05) is 12.1 Å². The lowest BCUT2D eigenvalue weighted by molar-refractivity contribution is 0.329. The summed E-state index contributed by atoms with van der Waals surface area (Å²) in [5.74, 6) is 1.43. The van der Waals surface area contributed by atoms with Crippen LogP contribution in [0.25, 0.3) is 10.8 Å². The van der Waals surface area contributed by atoms with Crippen LogP contribution in [0.5, 0.6) is 11.6 Å². The van der Waals surface area contributed by atoms with Gasteiger partial charge in [0.05, 0.1) is 19.1 Å². The minimum absolute atomic E-state index is 0.601. The third-order valence-electron chi connectivity index (χ3n) is 2.22. The van der Waals surface area contributed by atoms with Gasteiger partial charge in [-0.2, -0.15) is 0 Å². The van der Waals surface area contributed by atoms with Crippen molar-refractivity contribution in [3.63, 3.8) is 0 Å². The van der Waals surface area contributed by atoms with E-state index in [1.54, 1.807) is 13.3 Å². The van der Waals surface area contributed by atoms with E-state index in [0.717, 1.165) is 16.5 Å². The van der Waals surface area contributed by atoms with Gasteiger partial charge < -0.3 is 9.47 Å². The zero-order valence-corrected chi connectivity index (χ0v) is 8.86. The third kappa shape index (κ3) is 1.73. The van der Waals surface area contributed by atoms with E-state index < -0.39 is 0 Å². The Bertz CT molecular complexity index is 463. The van der Waals surface area contributed by atoms with Crippen molar-refractivity contribution >= 4 is 10.8 Å². The molecule has 0 aliphatic carbocycles. The quantitative estimate of drug-likeness (QED) is 0.768. The summed E-state index contributed by atoms with van der Waals surface area (Å²) < 4.78 is 10.8. The van der Waals surface area contributed by atoms with Crippen LogP contribution in [-0.4, -0.2) is 18.7 Å². The molecule has 0 bridgehead atoms. The van der Waals surface area contributed by atoms with Crippen LogP contribution in [0.15, 0.2) is 30.5 Å². The van der Waals surface area contributed by atoms with Crippen LogP contribution >= 0.6 is 0 Å². The summed E-state index contributed by atoms with van der Waals surface area (Å²) in [6.45, 7) is 2.54. The Morgan fingerprint density at radius 1 is 1.27 bits per heavy atom. The van der Waals surface area contributed by atoms with Crippen molar-refractivity contribution in [1.82, 2.24) is 4.98 Å². The van der Waals surface area contributed by atoms with Crippen molar-refractivity contribution in [3.05, 3.63) is 30.5 Å². The number of hydrogen-bond acceptors (Lipinski definition) is 3. The fourth-order valence-electron chi connectivity index (χ4n) is 1.58. The van der Waals surface area contributed by atoms with Crippen LogP contribution in [0.3, 0.4) is 0 Å². The van der Waals surface area contributed by atoms with Crippen molar-refractivity contribution in [2.24, 2.45) is 0 Å². The molecule has 0 saturated heterocycles. The van der Waals surface area contributed by atoms with E-state index in [9.17, 15) is 0 Å². The van der Waals surface area contributed by atoms with E-state index in [4.69, 9.17) is 9.47 Å². The number of ether oxygens (including phenoxy) is 2. The maximum Gasteiger partial charge on any atom is 0.225 e. The lowest BCUT2D eigenvalue weighted by Gasteiger charge is -2.09. The molecule has 15 heavy (non-hydrogen) atoms. The average molecular weight is 203 g/mol. The lowest BCUT2D eigenvalue weighted by Crippen LogP contribution is -1.96. The number of aromatic nitrogens is 1. The Morgan fingerprint density at radius 2 is 2.13 bits per heavy atom. The maximum atomic E-state index is 5.47. The summed E-state index contributed by atoms with van der Waals surface area (Å²) in [6.07, 6.45) is 1.74. The number of hydrogen-bond donors (Lipinski definition) is 0. The highest BCUT2D eigenvalue weighted by molar-refractivity contribution is 5.92. The van der Waals surface area contributed by atoms with Crippen molar-refractivity contribution < 1.29 is 9.47 Å². The fourth-order valence-corrected chi connectivity index (χ4v) is 1.58. The largest absolute Gasteiger partial charge is 0.496 e. The van der Waals surface area contributed by atoms with E-state index >= 15 is 0 Å². The molecule has 1 heterocycles. The Kier molecular flexibility index (Phi) is 2.72. The van der Waals surface area contributed by atoms with E-state index in [1.165, 1.54) is 0 Å². The van der Waals surface area contributed by atoms with Crippen molar-refractivity contribution in [3.8, 4) is 11.6 Å². The van der Waals surface area contributed by atoms with Gasteiger partial charge in [0, 0.05) is 6.20 Å². The van der Waals surface area contributed by atoms with Crippen molar-refractivity contribution in [2.75, 3.05) is 13.7 Å². The topological polar surface area (TPSA) is 31.4 Å². The van der Waals surface area contributed by atoms with Gasteiger partial charge in [-0.25, -0.2) is 4.98 Å². The molecule has 0 radical (unpaired) electrons. The molecule has 78 valence electrons. The molecule has 0 amide bonds. The second kappa shape index (κ2) is 4.17. The number of benzene rings is 1. The Balaban J connectivity index is 2.69. The van der Waals surface area contributed by atoms with Crippen LogP contribution in [0.4, 0.5) is 0 Å². The predicted octanol–water partition coefficient (Wildman–Crippen LogP) is 2.64. The van der Waals surface area contributed by atoms with Crippen LogP contribution in [0.1, 0.15) is 6.92 Å². The average Bonchev–Trinajstić information content (AvgIpc) is 2.29. The number of methoxy groups -OCH3 is 1. The molecule has 1 aromatic carbocycles. The minimum atomic E-state index is 0.601. The first-order valence-corrected chi connectivity index (χ1v) is 4.91. The maximum absolute atomic E-state index is 5.47. The van der Waals surface area contributed by atoms with E-state index in [0.29, 0.717) is 12.5 Å². The monoisotopic (exact) mass is 203 g/mol. The summed E-state index contributed by atoms with van der Waals surface area (Å²) >= 11 is 0. The predicted molar refractivity (Wildman–Crippen MR) is 59.5 cm³/mol. The zero-order chi connectivity index (χ0) is 10.7. The van der Waals surface area contributed by atoms with E-state index in [2.05, 4.69) is 4.98 Å². The van der Waals surface area contributed by atoms with Gasteiger partial charge in [0.25, 0.3) is 0 Å². The highest BCUT2D eigenvalue weighted by atomic mass is 16.5. The molecule has 0 N–H and O–H groups in total. The second-order valence-corrected chi connectivity index (χ2v) is 3.11. The fraction of sp³-hybridized carbons (Fsp3) is 0.250.